The molecular weight excluding hydrogens is 486 g/mol. The van der Waals surface area contributed by atoms with Crippen LogP contribution in [0.3, 0.4) is 0 Å². The van der Waals surface area contributed by atoms with Gasteiger partial charge in [0.2, 0.25) is 0 Å². The predicted molar refractivity (Wildman–Crippen MR) is 142 cm³/mol. The molecular formula is C29H31N3O6. The molecule has 2 aromatic carbocycles. The van der Waals surface area contributed by atoms with Gasteiger partial charge in [0.05, 0.1) is 0 Å². The van der Waals surface area contributed by atoms with Gasteiger partial charge in [0, 0.05) is 25.6 Å². The zero-order valence-corrected chi connectivity index (χ0v) is 21.8. The maximum Gasteiger partial charge on any atom is 0.415 e. The van der Waals surface area contributed by atoms with Crippen LogP contribution in [0.25, 0.3) is 11.1 Å². The number of aromatic nitrogens is 1. The minimum atomic E-state index is -1.22. The van der Waals surface area contributed by atoms with Gasteiger partial charge < -0.3 is 19.9 Å². The lowest BCUT2D eigenvalue weighted by molar-refractivity contribution is -0.139. The molecule has 1 unspecified atom stereocenters. The van der Waals surface area contributed by atoms with Gasteiger partial charge in [-0.15, -0.1) is 0 Å². The van der Waals surface area contributed by atoms with E-state index in [0.29, 0.717) is 11.4 Å². The molecule has 1 aliphatic carbocycles. The summed E-state index contributed by atoms with van der Waals surface area (Å²) in [6.07, 6.45) is 0.0840. The first-order valence-corrected chi connectivity index (χ1v) is 12.3. The average Bonchev–Trinajstić information content (AvgIpc) is 3.19. The minimum absolute atomic E-state index is 0.0110. The van der Waals surface area contributed by atoms with E-state index >= 15 is 0 Å². The first kappa shape index (κ1) is 26.7. The molecule has 0 radical (unpaired) electrons. The number of hydrogen-bond donors (Lipinski definition) is 2. The van der Waals surface area contributed by atoms with Gasteiger partial charge in [0.15, 0.2) is 0 Å². The summed E-state index contributed by atoms with van der Waals surface area (Å²) in [5.74, 6) is -0.983. The van der Waals surface area contributed by atoms with Crippen LogP contribution in [-0.4, -0.2) is 53.5 Å². The van der Waals surface area contributed by atoms with Gasteiger partial charge in [-0.2, -0.15) is 0 Å². The van der Waals surface area contributed by atoms with Gasteiger partial charge in [-0.25, -0.2) is 19.4 Å². The molecule has 4 rings (SSSR count). The third kappa shape index (κ3) is 6.11. The molecule has 9 heteroatoms. The highest BCUT2D eigenvalue weighted by molar-refractivity contribution is 5.86. The topological polar surface area (TPSA) is 118 Å². The summed E-state index contributed by atoms with van der Waals surface area (Å²) >= 11 is 0. The third-order valence-electron chi connectivity index (χ3n) is 6.19. The Bertz CT molecular complexity index is 1290. The van der Waals surface area contributed by atoms with Crippen molar-refractivity contribution in [1.29, 1.82) is 0 Å². The van der Waals surface area contributed by atoms with Crippen LogP contribution in [0.2, 0.25) is 0 Å². The van der Waals surface area contributed by atoms with E-state index in [-0.39, 0.29) is 18.9 Å². The first-order chi connectivity index (χ1) is 18.0. The zero-order chi connectivity index (χ0) is 27.4. The van der Waals surface area contributed by atoms with Gasteiger partial charge in [0.1, 0.15) is 24.1 Å². The van der Waals surface area contributed by atoms with Crippen molar-refractivity contribution >= 4 is 24.0 Å². The molecule has 0 bridgehead atoms. The van der Waals surface area contributed by atoms with Crippen molar-refractivity contribution in [2.75, 3.05) is 18.6 Å². The molecule has 1 aliphatic rings. The summed E-state index contributed by atoms with van der Waals surface area (Å²) in [5.41, 5.74) is 4.27. The number of alkyl carbamates (subject to hydrolysis) is 1. The van der Waals surface area contributed by atoms with E-state index in [1.807, 2.05) is 48.5 Å². The Morgan fingerprint density at radius 3 is 2.13 bits per heavy atom. The molecule has 0 saturated carbocycles. The van der Waals surface area contributed by atoms with Crippen molar-refractivity contribution in [3.8, 4) is 11.1 Å². The lowest BCUT2D eigenvalue weighted by Crippen LogP contribution is -2.43. The molecule has 3 aromatic rings. The molecule has 1 atom stereocenters. The molecule has 0 fully saturated rings. The lowest BCUT2D eigenvalue weighted by Gasteiger charge is -2.24. The Hall–Kier alpha value is -4.40. The Morgan fingerprint density at radius 2 is 1.61 bits per heavy atom. The molecule has 0 saturated heterocycles. The van der Waals surface area contributed by atoms with E-state index in [9.17, 15) is 19.5 Å². The average molecular weight is 518 g/mol. The van der Waals surface area contributed by atoms with E-state index < -0.39 is 29.8 Å². The van der Waals surface area contributed by atoms with Crippen LogP contribution in [0.5, 0.6) is 0 Å². The number of benzene rings is 2. The molecule has 9 nitrogen and oxygen atoms in total. The number of anilines is 1. The molecule has 1 heterocycles. The number of hydrogen-bond acceptors (Lipinski definition) is 6. The number of carboxylic acids is 1. The van der Waals surface area contributed by atoms with Gasteiger partial charge in [-0.05, 0) is 54.7 Å². The standard InChI is InChI=1S/C29H31N3O6/c1-29(2,3)38-28(36)32(4)25-14-13-18(16-30-25)15-24(26(33)34)31-27(35)37-17-23-21-11-7-5-9-19(21)20-10-6-8-12-22(20)23/h5-14,16,23-24H,15,17H2,1-4H3,(H,31,35)(H,33,34). The highest BCUT2D eigenvalue weighted by Gasteiger charge is 2.30. The van der Waals surface area contributed by atoms with Crippen molar-refractivity contribution in [2.45, 2.75) is 44.8 Å². The molecule has 0 spiro atoms. The van der Waals surface area contributed by atoms with Gasteiger partial charge in [-0.3, -0.25) is 4.90 Å². The quantitative estimate of drug-likeness (QED) is 0.453. The summed E-state index contributed by atoms with van der Waals surface area (Å²) < 4.78 is 10.8. The fourth-order valence-electron chi connectivity index (χ4n) is 4.38. The van der Waals surface area contributed by atoms with Crippen LogP contribution < -0.4 is 10.2 Å². The number of pyridine rings is 1. The van der Waals surface area contributed by atoms with Gasteiger partial charge in [-0.1, -0.05) is 54.6 Å². The Kier molecular flexibility index (Phi) is 7.66. The predicted octanol–water partition coefficient (Wildman–Crippen LogP) is 4.99. The monoisotopic (exact) mass is 517 g/mol. The molecule has 1 aromatic heterocycles. The number of fused-ring (bicyclic) bond motifs is 3. The normalized spacial score (nSPS) is 13.2. The minimum Gasteiger partial charge on any atom is -0.480 e. The number of nitrogens with one attached hydrogen (secondary N) is 1. The number of carbonyl (C=O) groups is 3. The smallest absolute Gasteiger partial charge is 0.415 e. The van der Waals surface area contributed by atoms with E-state index in [0.717, 1.165) is 22.3 Å². The van der Waals surface area contributed by atoms with Crippen LogP contribution in [-0.2, 0) is 20.7 Å². The van der Waals surface area contributed by atoms with Gasteiger partial charge in [0.25, 0.3) is 0 Å². The summed E-state index contributed by atoms with van der Waals surface area (Å²) in [6.45, 7) is 5.39. The van der Waals surface area contributed by atoms with Crippen LogP contribution in [0.15, 0.2) is 66.9 Å². The van der Waals surface area contributed by atoms with E-state index in [4.69, 9.17) is 9.47 Å². The summed E-state index contributed by atoms with van der Waals surface area (Å²) in [5, 5.41) is 12.1. The number of amides is 2. The second kappa shape index (κ2) is 10.9. The number of carbonyl (C=O) groups excluding carboxylic acids is 2. The van der Waals surface area contributed by atoms with Crippen LogP contribution in [0, 0.1) is 0 Å². The fraction of sp³-hybridized carbons (Fsp3) is 0.310. The third-order valence-corrected chi connectivity index (χ3v) is 6.19. The lowest BCUT2D eigenvalue weighted by atomic mass is 9.98. The van der Waals surface area contributed by atoms with Crippen molar-refractivity contribution < 1.29 is 29.0 Å². The number of nitrogens with zero attached hydrogens (tertiary/aromatic N) is 2. The number of carboxylic acid groups (broad SMARTS) is 1. The maximum atomic E-state index is 12.6. The van der Waals surface area contributed by atoms with Crippen molar-refractivity contribution in [2.24, 2.45) is 0 Å². The van der Waals surface area contributed by atoms with Gasteiger partial charge >= 0.3 is 18.2 Å². The SMILES string of the molecule is CN(C(=O)OC(C)(C)C)c1ccc(CC(NC(=O)OCC2c3ccccc3-c3ccccc32)C(=O)O)cn1. The van der Waals surface area contributed by atoms with Crippen molar-refractivity contribution in [3.63, 3.8) is 0 Å². The van der Waals surface area contributed by atoms with E-state index in [2.05, 4.69) is 10.3 Å². The Labute approximate surface area is 221 Å². The summed E-state index contributed by atoms with van der Waals surface area (Å²) in [4.78, 5) is 42.2. The molecule has 38 heavy (non-hydrogen) atoms. The Morgan fingerprint density at radius 1 is 1.00 bits per heavy atom. The van der Waals surface area contributed by atoms with Crippen molar-refractivity contribution in [3.05, 3.63) is 83.6 Å². The van der Waals surface area contributed by atoms with E-state index in [1.165, 1.54) is 18.1 Å². The second-order valence-corrected chi connectivity index (χ2v) is 10.1. The fourth-order valence-corrected chi connectivity index (χ4v) is 4.38. The summed E-state index contributed by atoms with van der Waals surface area (Å²) in [6, 6.07) is 18.0. The van der Waals surface area contributed by atoms with Crippen molar-refractivity contribution in [1.82, 2.24) is 10.3 Å². The number of aliphatic carboxylic acids is 1. The molecule has 0 aliphatic heterocycles. The van der Waals surface area contributed by atoms with Crippen LogP contribution in [0.4, 0.5) is 15.4 Å². The highest BCUT2D eigenvalue weighted by atomic mass is 16.6. The number of rotatable bonds is 7. The largest absolute Gasteiger partial charge is 0.480 e. The molecule has 2 N–H and O–H groups in total. The first-order valence-electron chi connectivity index (χ1n) is 12.3. The zero-order valence-electron chi connectivity index (χ0n) is 21.8. The maximum absolute atomic E-state index is 12.6. The Balaban J connectivity index is 1.36. The second-order valence-electron chi connectivity index (χ2n) is 10.1. The van der Waals surface area contributed by atoms with E-state index in [1.54, 1.807) is 32.9 Å². The number of ether oxygens (including phenoxy) is 2. The molecule has 2 amide bonds. The highest BCUT2D eigenvalue weighted by Crippen LogP contribution is 2.44. The van der Waals surface area contributed by atoms with Crippen LogP contribution in [0.1, 0.15) is 43.4 Å². The molecule has 198 valence electrons. The van der Waals surface area contributed by atoms with Crippen LogP contribution >= 0.6 is 0 Å². The summed E-state index contributed by atoms with van der Waals surface area (Å²) in [7, 11) is 1.54.